The van der Waals surface area contributed by atoms with Gasteiger partial charge >= 0.3 is 0 Å². The van der Waals surface area contributed by atoms with Crippen molar-refractivity contribution in [1.29, 1.82) is 0 Å². The van der Waals surface area contributed by atoms with Crippen molar-refractivity contribution in [3.05, 3.63) is 63.7 Å². The standard InChI is InChI=1S/C21H26N4O4/c1-15-6-4-7-19(16(15)2)23-20(26)14-24(3)21(27)8-5-13-22-17-9-11-18(12-10-17)25(28)29/h4,6-7,9-12,22H,5,8,13-14H2,1-3H3,(H,23,26). The van der Waals surface area contributed by atoms with Crippen LogP contribution in [-0.4, -0.2) is 41.8 Å². The SMILES string of the molecule is Cc1cccc(NC(=O)CN(C)C(=O)CCCNc2ccc([N+](=O)[O-])cc2)c1C. The molecule has 0 aliphatic heterocycles. The molecule has 0 spiro atoms. The fourth-order valence-electron chi connectivity index (χ4n) is 2.74. The normalized spacial score (nSPS) is 10.3. The summed E-state index contributed by atoms with van der Waals surface area (Å²) in [5.41, 5.74) is 3.64. The number of likely N-dealkylation sites (N-methyl/N-ethyl adjacent to an activating group) is 1. The van der Waals surface area contributed by atoms with Crippen LogP contribution in [0.2, 0.25) is 0 Å². The van der Waals surface area contributed by atoms with E-state index in [2.05, 4.69) is 10.6 Å². The lowest BCUT2D eigenvalue weighted by atomic mass is 10.1. The van der Waals surface area contributed by atoms with E-state index in [1.807, 2.05) is 32.0 Å². The zero-order chi connectivity index (χ0) is 21.4. The molecule has 29 heavy (non-hydrogen) atoms. The maximum atomic E-state index is 12.2. The van der Waals surface area contributed by atoms with Crippen LogP contribution >= 0.6 is 0 Å². The van der Waals surface area contributed by atoms with Crippen molar-refractivity contribution >= 4 is 28.9 Å². The van der Waals surface area contributed by atoms with Crippen LogP contribution in [0, 0.1) is 24.0 Å². The summed E-state index contributed by atoms with van der Waals surface area (Å²) in [5, 5.41) is 16.6. The van der Waals surface area contributed by atoms with Gasteiger partial charge in [0.2, 0.25) is 11.8 Å². The molecule has 0 bridgehead atoms. The van der Waals surface area contributed by atoms with Gasteiger partial charge in [0.15, 0.2) is 0 Å². The van der Waals surface area contributed by atoms with E-state index >= 15 is 0 Å². The van der Waals surface area contributed by atoms with Crippen molar-refractivity contribution in [3.8, 4) is 0 Å². The third kappa shape index (κ3) is 6.60. The minimum Gasteiger partial charge on any atom is -0.385 e. The van der Waals surface area contributed by atoms with Crippen LogP contribution in [0.25, 0.3) is 0 Å². The molecule has 154 valence electrons. The summed E-state index contributed by atoms with van der Waals surface area (Å²) in [6, 6.07) is 11.8. The molecule has 0 saturated heterocycles. The van der Waals surface area contributed by atoms with E-state index in [0.717, 1.165) is 22.5 Å². The number of benzene rings is 2. The van der Waals surface area contributed by atoms with Gasteiger partial charge in [0.05, 0.1) is 11.5 Å². The number of non-ortho nitro benzene ring substituents is 1. The minimum absolute atomic E-state index is 0.0119. The molecule has 0 unspecified atom stereocenters. The highest BCUT2D eigenvalue weighted by molar-refractivity contribution is 5.95. The molecular weight excluding hydrogens is 372 g/mol. The molecule has 0 aliphatic rings. The maximum Gasteiger partial charge on any atom is 0.269 e. The minimum atomic E-state index is -0.450. The quantitative estimate of drug-likeness (QED) is 0.382. The average Bonchev–Trinajstić information content (AvgIpc) is 2.68. The smallest absolute Gasteiger partial charge is 0.269 e. The lowest BCUT2D eigenvalue weighted by molar-refractivity contribution is -0.384. The van der Waals surface area contributed by atoms with Crippen LogP contribution < -0.4 is 10.6 Å². The molecule has 2 aromatic carbocycles. The van der Waals surface area contributed by atoms with E-state index in [4.69, 9.17) is 0 Å². The number of hydrogen-bond acceptors (Lipinski definition) is 5. The summed E-state index contributed by atoms with van der Waals surface area (Å²) in [4.78, 5) is 36.0. The lowest BCUT2D eigenvalue weighted by Crippen LogP contribution is -2.35. The summed E-state index contributed by atoms with van der Waals surface area (Å²) < 4.78 is 0. The first-order valence-electron chi connectivity index (χ1n) is 9.36. The number of carbonyl (C=O) groups excluding carboxylic acids is 2. The summed E-state index contributed by atoms with van der Waals surface area (Å²) in [7, 11) is 1.61. The summed E-state index contributed by atoms with van der Waals surface area (Å²) in [6.45, 7) is 4.46. The van der Waals surface area contributed by atoms with E-state index in [-0.39, 0.29) is 24.0 Å². The van der Waals surface area contributed by atoms with Crippen molar-refractivity contribution in [2.45, 2.75) is 26.7 Å². The first-order chi connectivity index (χ1) is 13.8. The number of aryl methyl sites for hydroxylation is 1. The van der Waals surface area contributed by atoms with Crippen molar-refractivity contribution in [1.82, 2.24) is 4.90 Å². The second kappa shape index (κ2) is 10.2. The molecule has 8 nitrogen and oxygen atoms in total. The number of amides is 2. The Kier molecular flexibility index (Phi) is 7.70. The molecule has 0 aliphatic carbocycles. The van der Waals surface area contributed by atoms with E-state index < -0.39 is 4.92 Å². The second-order valence-corrected chi connectivity index (χ2v) is 6.88. The Hall–Kier alpha value is -3.42. The van der Waals surface area contributed by atoms with Crippen LogP contribution in [0.3, 0.4) is 0 Å². The molecular formula is C21H26N4O4. The molecule has 2 rings (SSSR count). The number of hydrogen-bond donors (Lipinski definition) is 2. The molecule has 2 amide bonds. The summed E-state index contributed by atoms with van der Waals surface area (Å²) in [5.74, 6) is -0.356. The average molecular weight is 398 g/mol. The molecule has 0 saturated carbocycles. The van der Waals surface area contributed by atoms with Crippen molar-refractivity contribution in [2.75, 3.05) is 30.8 Å². The van der Waals surface area contributed by atoms with Gasteiger partial charge in [0, 0.05) is 43.5 Å². The number of nitrogens with zero attached hydrogens (tertiary/aromatic N) is 2. The zero-order valence-electron chi connectivity index (χ0n) is 16.9. The van der Waals surface area contributed by atoms with Crippen LogP contribution in [0.5, 0.6) is 0 Å². The highest BCUT2D eigenvalue weighted by atomic mass is 16.6. The van der Waals surface area contributed by atoms with E-state index in [1.54, 1.807) is 19.2 Å². The molecule has 2 N–H and O–H groups in total. The van der Waals surface area contributed by atoms with E-state index in [0.29, 0.717) is 19.4 Å². The largest absolute Gasteiger partial charge is 0.385 e. The Morgan fingerprint density at radius 1 is 1.10 bits per heavy atom. The van der Waals surface area contributed by atoms with Gasteiger partial charge in [-0.1, -0.05) is 12.1 Å². The number of anilines is 2. The van der Waals surface area contributed by atoms with E-state index in [1.165, 1.54) is 17.0 Å². The van der Waals surface area contributed by atoms with E-state index in [9.17, 15) is 19.7 Å². The molecule has 0 fully saturated rings. The zero-order valence-corrected chi connectivity index (χ0v) is 16.9. The van der Waals surface area contributed by atoms with Gasteiger partial charge in [-0.2, -0.15) is 0 Å². The van der Waals surface area contributed by atoms with Gasteiger partial charge < -0.3 is 15.5 Å². The monoisotopic (exact) mass is 398 g/mol. The second-order valence-electron chi connectivity index (χ2n) is 6.88. The van der Waals surface area contributed by atoms with Gasteiger partial charge in [0.25, 0.3) is 5.69 Å². The Balaban J connectivity index is 1.72. The summed E-state index contributed by atoms with van der Waals surface area (Å²) >= 11 is 0. The van der Waals surface area contributed by atoms with Gasteiger partial charge in [-0.3, -0.25) is 19.7 Å². The lowest BCUT2D eigenvalue weighted by Gasteiger charge is -2.18. The Labute approximate surface area is 170 Å². The predicted octanol–water partition coefficient (Wildman–Crippen LogP) is 3.50. The number of nitrogens with one attached hydrogen (secondary N) is 2. The van der Waals surface area contributed by atoms with Crippen molar-refractivity contribution in [3.63, 3.8) is 0 Å². The molecule has 2 aromatic rings. The maximum absolute atomic E-state index is 12.2. The van der Waals surface area contributed by atoms with Crippen molar-refractivity contribution in [2.24, 2.45) is 0 Å². The van der Waals surface area contributed by atoms with Crippen molar-refractivity contribution < 1.29 is 14.5 Å². The highest BCUT2D eigenvalue weighted by Crippen LogP contribution is 2.18. The third-order valence-electron chi connectivity index (χ3n) is 4.66. The molecule has 0 radical (unpaired) electrons. The number of carbonyl (C=O) groups is 2. The Morgan fingerprint density at radius 3 is 2.45 bits per heavy atom. The third-order valence-corrected chi connectivity index (χ3v) is 4.66. The Morgan fingerprint density at radius 2 is 1.79 bits per heavy atom. The van der Waals surface area contributed by atoms with Crippen LogP contribution in [0.15, 0.2) is 42.5 Å². The van der Waals surface area contributed by atoms with Crippen LogP contribution in [0.1, 0.15) is 24.0 Å². The van der Waals surface area contributed by atoms with Crippen LogP contribution in [-0.2, 0) is 9.59 Å². The first kappa shape index (κ1) is 21.9. The van der Waals surface area contributed by atoms with Gasteiger partial charge in [-0.25, -0.2) is 0 Å². The predicted molar refractivity (Wildman–Crippen MR) is 113 cm³/mol. The highest BCUT2D eigenvalue weighted by Gasteiger charge is 2.14. The topological polar surface area (TPSA) is 105 Å². The van der Waals surface area contributed by atoms with Gasteiger partial charge in [-0.05, 0) is 49.6 Å². The molecule has 0 atom stereocenters. The number of nitro groups is 1. The van der Waals surface area contributed by atoms with Gasteiger partial charge in [0.1, 0.15) is 0 Å². The fraction of sp³-hybridized carbons (Fsp3) is 0.333. The fourth-order valence-corrected chi connectivity index (χ4v) is 2.74. The molecule has 8 heteroatoms. The number of rotatable bonds is 9. The van der Waals surface area contributed by atoms with Gasteiger partial charge in [-0.15, -0.1) is 0 Å². The molecule has 0 heterocycles. The first-order valence-corrected chi connectivity index (χ1v) is 9.36. The number of nitro benzene ring substituents is 1. The Bertz CT molecular complexity index is 881. The summed E-state index contributed by atoms with van der Waals surface area (Å²) in [6.07, 6.45) is 0.881. The molecule has 0 aromatic heterocycles. The van der Waals surface area contributed by atoms with Crippen LogP contribution in [0.4, 0.5) is 17.1 Å².